The van der Waals surface area contributed by atoms with Gasteiger partial charge in [0, 0.05) is 11.4 Å². The second-order valence-electron chi connectivity index (χ2n) is 3.87. The molecule has 2 aliphatic rings. The standard InChI is InChI=1S/C9H16ClN/c10-8-3-4-9-7(6-8)2-1-5-11-9/h7-9,11H,1-6H2. The number of halogens is 1. The Bertz CT molecular complexity index is 138. The average molecular weight is 174 g/mol. The normalized spacial score (nSPS) is 45.0. The smallest absolute Gasteiger partial charge is 0.0339 e. The van der Waals surface area contributed by atoms with Gasteiger partial charge in [0.2, 0.25) is 0 Å². The highest BCUT2D eigenvalue weighted by atomic mass is 35.5. The van der Waals surface area contributed by atoms with Gasteiger partial charge in [-0.15, -0.1) is 11.6 Å². The van der Waals surface area contributed by atoms with Crippen molar-refractivity contribution in [1.82, 2.24) is 5.32 Å². The molecule has 0 bridgehead atoms. The van der Waals surface area contributed by atoms with Crippen LogP contribution < -0.4 is 5.32 Å². The third-order valence-electron chi connectivity index (χ3n) is 3.08. The lowest BCUT2D eigenvalue weighted by molar-refractivity contribution is 0.214. The van der Waals surface area contributed by atoms with E-state index in [1.165, 1.54) is 38.6 Å². The lowest BCUT2D eigenvalue weighted by Crippen LogP contribution is -2.44. The van der Waals surface area contributed by atoms with E-state index in [2.05, 4.69) is 5.32 Å². The molecule has 1 saturated carbocycles. The van der Waals surface area contributed by atoms with Crippen LogP contribution in [0, 0.1) is 5.92 Å². The minimum absolute atomic E-state index is 0.469. The zero-order valence-corrected chi connectivity index (χ0v) is 7.61. The lowest BCUT2D eigenvalue weighted by atomic mass is 9.79. The van der Waals surface area contributed by atoms with Crippen LogP contribution in [0.1, 0.15) is 32.1 Å². The van der Waals surface area contributed by atoms with E-state index < -0.39 is 0 Å². The van der Waals surface area contributed by atoms with Crippen molar-refractivity contribution in [3.8, 4) is 0 Å². The fourth-order valence-corrected chi connectivity index (χ4v) is 2.80. The largest absolute Gasteiger partial charge is 0.314 e. The molecular weight excluding hydrogens is 158 g/mol. The van der Waals surface area contributed by atoms with E-state index in [1.54, 1.807) is 0 Å². The molecule has 1 heterocycles. The molecule has 0 aromatic carbocycles. The van der Waals surface area contributed by atoms with Gasteiger partial charge in [0.05, 0.1) is 0 Å². The number of hydrogen-bond acceptors (Lipinski definition) is 1. The van der Waals surface area contributed by atoms with E-state index in [-0.39, 0.29) is 0 Å². The van der Waals surface area contributed by atoms with E-state index >= 15 is 0 Å². The van der Waals surface area contributed by atoms with Gasteiger partial charge in [-0.1, -0.05) is 0 Å². The summed E-state index contributed by atoms with van der Waals surface area (Å²) in [7, 11) is 0. The Kier molecular flexibility index (Phi) is 2.38. The van der Waals surface area contributed by atoms with Crippen LogP contribution in [0.3, 0.4) is 0 Å². The first-order chi connectivity index (χ1) is 5.36. The molecule has 0 amide bonds. The molecule has 1 aliphatic carbocycles. The first-order valence-electron chi connectivity index (χ1n) is 4.74. The maximum atomic E-state index is 6.11. The van der Waals surface area contributed by atoms with Crippen molar-refractivity contribution in [2.24, 2.45) is 5.92 Å². The van der Waals surface area contributed by atoms with Crippen molar-refractivity contribution < 1.29 is 0 Å². The molecule has 1 saturated heterocycles. The summed E-state index contributed by atoms with van der Waals surface area (Å²) >= 11 is 6.11. The van der Waals surface area contributed by atoms with E-state index in [9.17, 15) is 0 Å². The van der Waals surface area contributed by atoms with Gasteiger partial charge in [-0.2, -0.15) is 0 Å². The predicted molar refractivity (Wildman–Crippen MR) is 48.0 cm³/mol. The molecular formula is C9H16ClN. The molecule has 2 fully saturated rings. The molecule has 64 valence electrons. The molecule has 0 radical (unpaired) electrons. The second-order valence-corrected chi connectivity index (χ2v) is 4.49. The summed E-state index contributed by atoms with van der Waals surface area (Å²) in [6.45, 7) is 1.23. The number of hydrogen-bond donors (Lipinski definition) is 1. The van der Waals surface area contributed by atoms with Crippen LogP contribution in [-0.4, -0.2) is 18.0 Å². The highest BCUT2D eigenvalue weighted by molar-refractivity contribution is 6.20. The number of nitrogens with one attached hydrogen (secondary N) is 1. The molecule has 1 aliphatic heterocycles. The second kappa shape index (κ2) is 3.32. The Morgan fingerprint density at radius 2 is 2.09 bits per heavy atom. The van der Waals surface area contributed by atoms with Crippen molar-refractivity contribution in [1.29, 1.82) is 0 Å². The third kappa shape index (κ3) is 1.70. The monoisotopic (exact) mass is 173 g/mol. The van der Waals surface area contributed by atoms with Crippen molar-refractivity contribution in [3.05, 3.63) is 0 Å². The fraction of sp³-hybridized carbons (Fsp3) is 1.00. The maximum absolute atomic E-state index is 6.11. The zero-order chi connectivity index (χ0) is 7.68. The summed E-state index contributed by atoms with van der Waals surface area (Å²) in [5.41, 5.74) is 0. The molecule has 3 atom stereocenters. The summed E-state index contributed by atoms with van der Waals surface area (Å²) in [5, 5.41) is 4.05. The first-order valence-corrected chi connectivity index (χ1v) is 5.17. The number of rotatable bonds is 0. The molecule has 0 aromatic rings. The Morgan fingerprint density at radius 1 is 1.18 bits per heavy atom. The summed E-state index contributed by atoms with van der Waals surface area (Å²) < 4.78 is 0. The van der Waals surface area contributed by atoms with Gasteiger partial charge in [-0.25, -0.2) is 0 Å². The predicted octanol–water partition coefficient (Wildman–Crippen LogP) is 2.15. The van der Waals surface area contributed by atoms with Gasteiger partial charge in [-0.05, 0) is 44.6 Å². The van der Waals surface area contributed by atoms with E-state index in [0.29, 0.717) is 5.38 Å². The van der Waals surface area contributed by atoms with Crippen molar-refractivity contribution in [2.75, 3.05) is 6.54 Å². The van der Waals surface area contributed by atoms with Crippen molar-refractivity contribution in [3.63, 3.8) is 0 Å². The SMILES string of the molecule is ClC1CCC2NCCCC2C1. The lowest BCUT2D eigenvalue weighted by Gasteiger charge is -2.38. The summed E-state index contributed by atoms with van der Waals surface area (Å²) in [5.74, 6) is 0.889. The van der Waals surface area contributed by atoms with Crippen LogP contribution in [0.5, 0.6) is 0 Å². The minimum atomic E-state index is 0.469. The Hall–Kier alpha value is 0.250. The highest BCUT2D eigenvalue weighted by Gasteiger charge is 2.30. The molecule has 2 rings (SSSR count). The zero-order valence-electron chi connectivity index (χ0n) is 6.85. The van der Waals surface area contributed by atoms with Crippen LogP contribution in [0.2, 0.25) is 0 Å². The van der Waals surface area contributed by atoms with Crippen molar-refractivity contribution >= 4 is 11.6 Å². The van der Waals surface area contributed by atoms with Gasteiger partial charge >= 0.3 is 0 Å². The average Bonchev–Trinajstić information content (AvgIpc) is 2.04. The minimum Gasteiger partial charge on any atom is -0.314 e. The molecule has 1 nitrogen and oxygen atoms in total. The summed E-state index contributed by atoms with van der Waals surface area (Å²) in [6, 6.07) is 0.804. The van der Waals surface area contributed by atoms with E-state index in [4.69, 9.17) is 11.6 Å². The van der Waals surface area contributed by atoms with Crippen molar-refractivity contribution in [2.45, 2.75) is 43.5 Å². The van der Waals surface area contributed by atoms with Crippen LogP contribution in [0.4, 0.5) is 0 Å². The van der Waals surface area contributed by atoms with Gasteiger partial charge in [0.25, 0.3) is 0 Å². The summed E-state index contributed by atoms with van der Waals surface area (Å²) in [4.78, 5) is 0. The Morgan fingerprint density at radius 3 is 3.00 bits per heavy atom. The Balaban J connectivity index is 1.93. The summed E-state index contributed by atoms with van der Waals surface area (Å²) in [6.07, 6.45) is 6.53. The van der Waals surface area contributed by atoms with Crippen LogP contribution in [0.25, 0.3) is 0 Å². The molecule has 2 heteroatoms. The highest BCUT2D eigenvalue weighted by Crippen LogP contribution is 2.32. The van der Waals surface area contributed by atoms with Crippen LogP contribution in [-0.2, 0) is 0 Å². The number of piperidine rings is 1. The topological polar surface area (TPSA) is 12.0 Å². The quantitative estimate of drug-likeness (QED) is 0.554. The Labute approximate surface area is 73.5 Å². The van der Waals surface area contributed by atoms with E-state index in [0.717, 1.165) is 12.0 Å². The maximum Gasteiger partial charge on any atom is 0.0339 e. The molecule has 1 N–H and O–H groups in total. The van der Waals surface area contributed by atoms with Gasteiger partial charge in [0.15, 0.2) is 0 Å². The number of fused-ring (bicyclic) bond motifs is 1. The third-order valence-corrected chi connectivity index (χ3v) is 3.47. The fourth-order valence-electron chi connectivity index (χ4n) is 2.45. The van der Waals surface area contributed by atoms with Gasteiger partial charge in [0.1, 0.15) is 0 Å². The van der Waals surface area contributed by atoms with E-state index in [1.807, 2.05) is 0 Å². The molecule has 11 heavy (non-hydrogen) atoms. The number of alkyl halides is 1. The molecule has 0 aromatic heterocycles. The van der Waals surface area contributed by atoms with Crippen LogP contribution >= 0.6 is 11.6 Å². The van der Waals surface area contributed by atoms with Gasteiger partial charge in [-0.3, -0.25) is 0 Å². The molecule has 0 spiro atoms. The van der Waals surface area contributed by atoms with Crippen LogP contribution in [0.15, 0.2) is 0 Å². The first kappa shape index (κ1) is 7.88. The molecule has 3 unspecified atom stereocenters. The van der Waals surface area contributed by atoms with Gasteiger partial charge < -0.3 is 5.32 Å².